The van der Waals surface area contributed by atoms with Crippen LogP contribution >= 0.6 is 11.3 Å². The van der Waals surface area contributed by atoms with Crippen LogP contribution in [0.3, 0.4) is 0 Å². The molecular weight excluding hydrogens is 887 g/mol. The number of pyridine rings is 1. The second-order valence-electron chi connectivity index (χ2n) is 18.6. The van der Waals surface area contributed by atoms with Gasteiger partial charge in [0.05, 0.1) is 24.9 Å². The summed E-state index contributed by atoms with van der Waals surface area (Å²) in [6, 6.07) is 4.06. The lowest BCUT2D eigenvalue weighted by Crippen LogP contribution is -2.59. The number of carbonyl (C=O) groups excluding carboxylic acids is 3. The molecule has 18 nitrogen and oxygen atoms in total. The maximum atomic E-state index is 15.0. The normalized spacial score (nSPS) is 25.3. The van der Waals surface area contributed by atoms with Crippen LogP contribution < -0.4 is 30.7 Å². The first kappa shape index (κ1) is 48.9. The van der Waals surface area contributed by atoms with E-state index >= 15 is 4.79 Å². The Morgan fingerprint density at radius 2 is 1.77 bits per heavy atom. The minimum absolute atomic E-state index is 0.0264. The summed E-state index contributed by atoms with van der Waals surface area (Å²) >= 11 is 1.45. The third-order valence-electron chi connectivity index (χ3n) is 13.2. The number of aliphatic carboxylic acids is 1. The van der Waals surface area contributed by atoms with Crippen LogP contribution in [-0.2, 0) is 24.6 Å². The van der Waals surface area contributed by atoms with Crippen LogP contribution in [0.2, 0.25) is 0 Å². The Labute approximate surface area is 391 Å². The second kappa shape index (κ2) is 20.9. The van der Waals surface area contributed by atoms with Gasteiger partial charge >= 0.3 is 12.0 Å². The summed E-state index contributed by atoms with van der Waals surface area (Å²) in [5, 5.41) is 25.9. The lowest BCUT2D eigenvalue weighted by molar-refractivity contribution is -0.145. The Balaban J connectivity index is 1.19. The number of aromatic nitrogens is 2. The Hall–Kier alpha value is -5.05. The number of carboxylic acid groups (broad SMARTS) is 1. The predicted octanol–water partition coefficient (Wildman–Crippen LogP) is 5.37. The lowest BCUT2D eigenvalue weighted by Gasteiger charge is -2.35. The van der Waals surface area contributed by atoms with Crippen LogP contribution in [0.15, 0.2) is 41.8 Å². The first-order valence-corrected chi connectivity index (χ1v) is 25.4. The fraction of sp³-hybridized carbons (Fsp3) is 0.609. The first-order valence-electron chi connectivity index (χ1n) is 23.1. The van der Waals surface area contributed by atoms with Gasteiger partial charge in [0.15, 0.2) is 5.13 Å². The summed E-state index contributed by atoms with van der Waals surface area (Å²) in [6.45, 7) is 4.06. The highest BCUT2D eigenvalue weighted by Gasteiger charge is 2.61. The minimum Gasteiger partial charge on any atom is -0.497 e. The Kier molecular flexibility index (Phi) is 15.4. The number of amides is 4. The van der Waals surface area contributed by atoms with E-state index < -0.39 is 69.7 Å². The number of methoxy groups -OCH3 is 1. The number of rotatable bonds is 14. The molecule has 5 N–H and O–H groups in total. The van der Waals surface area contributed by atoms with E-state index in [1.165, 1.54) is 41.7 Å². The average Bonchev–Trinajstić information content (AvgIpc) is 3.54. The average molecular weight is 952 g/mol. The third-order valence-corrected chi connectivity index (χ3v) is 15.9. The molecule has 2 saturated carbocycles. The molecule has 2 aliphatic carbocycles. The van der Waals surface area contributed by atoms with Crippen LogP contribution in [-0.4, -0.2) is 138 Å². The van der Waals surface area contributed by atoms with E-state index in [1.807, 2.05) is 37.4 Å². The number of hydrogen-bond donors (Lipinski definition) is 5. The van der Waals surface area contributed by atoms with Crippen molar-refractivity contribution < 1.29 is 42.2 Å². The standard InChI is InChI=1S/C46H65N9O9S2/c1-28(2)47-45-51-38(27-65-45)36-23-40(33-20-19-31(63-6)21-35(33)48-36)64-32-22-39-41(56)52-46(43(58)59)24-30(46)17-13-8-7-9-14-18-34(42(57)55(39)25-32)49-44(60)50-37(29-15-11-10-12-16-29)26-54(5)66(61,62)53(3)4/h13,17,19-21,23,27-30,32,34,37,39H,7-12,14-16,18,22,24-26H2,1-6H3,(H,47,51)(H,52,56)(H,58,59)(H2,49,50,60)/b17-13-/t30?,32-,34-,37-,39+,46-/m1/s1. The maximum Gasteiger partial charge on any atom is 0.330 e. The number of allylic oxidation sites excluding steroid dienone is 1. The monoisotopic (exact) mass is 951 g/mol. The molecule has 2 aromatic heterocycles. The Morgan fingerprint density at radius 1 is 1.03 bits per heavy atom. The van der Waals surface area contributed by atoms with Gasteiger partial charge in [0.25, 0.3) is 10.2 Å². The van der Waals surface area contributed by atoms with E-state index in [-0.39, 0.29) is 44.3 Å². The molecule has 4 aliphatic rings. The number of ether oxygens (including phenoxy) is 2. The van der Waals surface area contributed by atoms with Crippen molar-refractivity contribution in [3.63, 3.8) is 0 Å². The summed E-state index contributed by atoms with van der Waals surface area (Å²) in [5.74, 6) is -1.60. The number of nitrogens with zero attached hydrogens (tertiary/aromatic N) is 5. The van der Waals surface area contributed by atoms with E-state index in [2.05, 4.69) is 21.3 Å². The van der Waals surface area contributed by atoms with Crippen LogP contribution in [0.1, 0.15) is 90.9 Å². The molecule has 1 aromatic carbocycles. The number of hydrogen-bond acceptors (Lipinski definition) is 12. The quantitative estimate of drug-likeness (QED) is 0.129. The molecule has 6 atom stereocenters. The maximum absolute atomic E-state index is 15.0. The lowest BCUT2D eigenvalue weighted by atomic mass is 9.84. The summed E-state index contributed by atoms with van der Waals surface area (Å²) < 4.78 is 40.8. The molecule has 3 fully saturated rings. The zero-order valence-electron chi connectivity index (χ0n) is 38.7. The van der Waals surface area contributed by atoms with Crippen molar-refractivity contribution in [3.05, 3.63) is 41.8 Å². The number of likely N-dealkylation sites (N-methyl/N-ethyl adjacent to an activating group) is 1. The summed E-state index contributed by atoms with van der Waals surface area (Å²) in [7, 11) is 2.21. The molecular formula is C46H65N9O9S2. The number of fused-ring (bicyclic) bond motifs is 3. The highest BCUT2D eigenvalue weighted by Crippen LogP contribution is 2.46. The molecule has 2 aliphatic heterocycles. The first-order chi connectivity index (χ1) is 31.5. The summed E-state index contributed by atoms with van der Waals surface area (Å²) in [6.07, 6.45) is 11.1. The van der Waals surface area contributed by atoms with E-state index in [1.54, 1.807) is 25.3 Å². The number of carboxylic acids is 1. The molecule has 1 unspecified atom stereocenters. The molecule has 20 heteroatoms. The van der Waals surface area contributed by atoms with Crippen LogP contribution in [0.25, 0.3) is 22.3 Å². The number of nitrogens with one attached hydrogen (secondary N) is 4. The van der Waals surface area contributed by atoms with Crippen molar-refractivity contribution in [2.75, 3.05) is 46.7 Å². The third kappa shape index (κ3) is 11.2. The molecule has 4 amide bonds. The minimum atomic E-state index is -3.77. The van der Waals surface area contributed by atoms with Gasteiger partial charge in [-0.2, -0.15) is 17.0 Å². The number of anilines is 1. The van der Waals surface area contributed by atoms with Gasteiger partial charge in [-0.05, 0) is 70.4 Å². The van der Waals surface area contributed by atoms with Crippen molar-refractivity contribution in [3.8, 4) is 22.9 Å². The van der Waals surface area contributed by atoms with Gasteiger partial charge in [0, 0.05) is 75.0 Å². The Morgan fingerprint density at radius 3 is 2.48 bits per heavy atom. The van der Waals surface area contributed by atoms with E-state index in [0.717, 1.165) is 54.4 Å². The van der Waals surface area contributed by atoms with Crippen LogP contribution in [0, 0.1) is 11.8 Å². The second-order valence-corrected chi connectivity index (χ2v) is 21.7. The Bertz CT molecular complexity index is 2390. The SMILES string of the molecule is COc1ccc2c(O[C@@H]3C[C@H]4C(=O)N[C@]5(C(=O)O)CC5/C=C\CCCCC[C@@H](NC(=O)N[C@H](CN(C)S(=O)(=O)N(C)C)C5CCCCC5)C(=O)N4C3)cc(-c3csc(NC(C)C)n3)nc2c1. The zero-order chi connectivity index (χ0) is 47.3. The molecule has 0 spiro atoms. The van der Waals surface area contributed by atoms with E-state index in [4.69, 9.17) is 19.4 Å². The molecule has 1 saturated heterocycles. The summed E-state index contributed by atoms with van der Waals surface area (Å²) in [4.78, 5) is 67.4. The predicted molar refractivity (Wildman–Crippen MR) is 253 cm³/mol. The highest BCUT2D eigenvalue weighted by molar-refractivity contribution is 7.86. The molecule has 4 heterocycles. The molecule has 0 bridgehead atoms. The number of carbonyl (C=O) groups is 4. The van der Waals surface area contributed by atoms with Crippen LogP contribution in [0.4, 0.5) is 9.93 Å². The largest absolute Gasteiger partial charge is 0.497 e. The van der Waals surface area contributed by atoms with Gasteiger partial charge in [-0.1, -0.05) is 44.3 Å². The fourth-order valence-corrected chi connectivity index (χ4v) is 11.2. The van der Waals surface area contributed by atoms with Gasteiger partial charge < -0.3 is 40.7 Å². The topological polar surface area (TPSA) is 225 Å². The molecule has 66 heavy (non-hydrogen) atoms. The molecule has 0 radical (unpaired) electrons. The van der Waals surface area contributed by atoms with Crippen molar-refractivity contribution in [2.45, 2.75) is 127 Å². The fourth-order valence-electron chi connectivity index (χ4n) is 9.43. The van der Waals surface area contributed by atoms with Gasteiger partial charge in [-0.15, -0.1) is 11.3 Å². The highest BCUT2D eigenvalue weighted by atomic mass is 32.2. The zero-order valence-corrected chi connectivity index (χ0v) is 40.4. The number of urea groups is 1. The van der Waals surface area contributed by atoms with Gasteiger partial charge in [-0.25, -0.2) is 19.6 Å². The van der Waals surface area contributed by atoms with Gasteiger partial charge in [0.1, 0.15) is 40.9 Å². The molecule has 7 rings (SSSR count). The number of thiazole rings is 1. The smallest absolute Gasteiger partial charge is 0.330 e. The van der Waals surface area contributed by atoms with Crippen molar-refractivity contribution in [2.24, 2.45) is 11.8 Å². The van der Waals surface area contributed by atoms with Crippen molar-refractivity contribution in [1.82, 2.24) is 39.4 Å². The van der Waals surface area contributed by atoms with Crippen molar-refractivity contribution in [1.29, 1.82) is 0 Å². The van der Waals surface area contributed by atoms with Gasteiger partial charge in [-0.3, -0.25) is 9.59 Å². The molecule has 3 aromatic rings. The van der Waals surface area contributed by atoms with E-state index in [9.17, 15) is 27.9 Å². The number of benzene rings is 1. The molecule has 360 valence electrons. The van der Waals surface area contributed by atoms with Crippen LogP contribution in [0.5, 0.6) is 11.5 Å². The summed E-state index contributed by atoms with van der Waals surface area (Å²) in [5.41, 5.74) is 0.247. The van der Waals surface area contributed by atoms with Gasteiger partial charge in [0.2, 0.25) is 11.8 Å². The van der Waals surface area contributed by atoms with Crippen molar-refractivity contribution >= 4 is 61.4 Å². The van der Waals surface area contributed by atoms with E-state index in [0.29, 0.717) is 46.6 Å².